The zero-order valence-electron chi connectivity index (χ0n) is 14.9. The van der Waals surface area contributed by atoms with Gasteiger partial charge in [-0.15, -0.1) is 0 Å². The van der Waals surface area contributed by atoms with Gasteiger partial charge in [-0.1, -0.05) is 47.5 Å². The van der Waals surface area contributed by atoms with Crippen LogP contribution in [0.1, 0.15) is 18.5 Å². The highest BCUT2D eigenvalue weighted by molar-refractivity contribution is 6.33. The Kier molecular flexibility index (Phi) is 6.41. The number of anilines is 1. The molecule has 138 valence electrons. The molecule has 0 saturated carbocycles. The van der Waals surface area contributed by atoms with E-state index in [4.69, 9.17) is 23.2 Å². The zero-order valence-corrected chi connectivity index (χ0v) is 16.4. The number of benzene rings is 2. The maximum atomic E-state index is 12.5. The Bertz CT molecular complexity index is 743. The Labute approximate surface area is 164 Å². The normalized spacial score (nSPS) is 15.8. The summed E-state index contributed by atoms with van der Waals surface area (Å²) >= 11 is 12.2. The first kappa shape index (κ1) is 19.0. The van der Waals surface area contributed by atoms with E-state index in [0.717, 1.165) is 41.9 Å². The number of hydrogen-bond donors (Lipinski definition) is 1. The number of quaternary nitrogens is 1. The fourth-order valence-corrected chi connectivity index (χ4v) is 3.60. The topological polar surface area (TPSA) is 40.2 Å². The van der Waals surface area contributed by atoms with Gasteiger partial charge in [-0.3, -0.25) is 4.79 Å². The quantitative estimate of drug-likeness (QED) is 0.849. The van der Waals surface area contributed by atoms with E-state index in [0.29, 0.717) is 6.54 Å². The number of halogens is 2. The third kappa shape index (κ3) is 4.70. The van der Waals surface area contributed by atoms with Crippen LogP contribution in [0.2, 0.25) is 10.0 Å². The van der Waals surface area contributed by atoms with Gasteiger partial charge < -0.3 is 15.1 Å². The Hall–Kier alpha value is -1.75. The van der Waals surface area contributed by atoms with Gasteiger partial charge in [0.05, 0.1) is 10.7 Å². The van der Waals surface area contributed by atoms with Crippen LogP contribution in [0.25, 0.3) is 0 Å². The number of carbonyl (C=O) groups excluding carboxylic acids is 1. The molecule has 2 N–H and O–H groups in total. The average molecular weight is 393 g/mol. The van der Waals surface area contributed by atoms with Gasteiger partial charge in [0.2, 0.25) is 0 Å². The molecule has 0 radical (unpaired) electrons. The molecule has 1 fully saturated rings. The van der Waals surface area contributed by atoms with Crippen molar-refractivity contribution in [2.45, 2.75) is 13.0 Å². The number of rotatable bonds is 5. The molecule has 1 atom stereocenters. The number of carbonyl (C=O) groups is 1. The van der Waals surface area contributed by atoms with Gasteiger partial charge >= 0.3 is 0 Å². The molecule has 1 saturated heterocycles. The van der Waals surface area contributed by atoms with Crippen molar-refractivity contribution in [2.75, 3.05) is 37.6 Å². The second-order valence-electron chi connectivity index (χ2n) is 6.60. The molecule has 26 heavy (non-hydrogen) atoms. The van der Waals surface area contributed by atoms with Gasteiger partial charge in [0.25, 0.3) is 5.91 Å². The third-order valence-corrected chi connectivity index (χ3v) is 5.44. The molecule has 3 rings (SSSR count). The van der Waals surface area contributed by atoms with Gasteiger partial charge in [-0.25, -0.2) is 0 Å². The standard InChI is InChI=1S/C20H23Cl2N3O/c1-15(16-6-8-17(21)9-7-16)23-14-20(26)25-12-10-24(11-13-25)19-5-3-2-4-18(19)22/h2-9,15,23H,10-14H2,1H3/p+1/t15-/m0/s1. The third-order valence-electron chi connectivity index (χ3n) is 4.87. The van der Waals surface area contributed by atoms with Crippen LogP contribution in [0.5, 0.6) is 0 Å². The lowest BCUT2D eigenvalue weighted by Crippen LogP contribution is -2.87. The molecule has 1 aliphatic heterocycles. The van der Waals surface area contributed by atoms with Crippen LogP contribution in [0.15, 0.2) is 48.5 Å². The fourth-order valence-electron chi connectivity index (χ4n) is 3.21. The Morgan fingerprint density at radius 2 is 1.69 bits per heavy atom. The number of piperazine rings is 1. The zero-order chi connectivity index (χ0) is 18.5. The number of nitrogens with zero attached hydrogens (tertiary/aromatic N) is 2. The highest BCUT2D eigenvalue weighted by atomic mass is 35.5. The summed E-state index contributed by atoms with van der Waals surface area (Å²) < 4.78 is 0. The largest absolute Gasteiger partial charge is 0.367 e. The molecule has 0 aromatic heterocycles. The van der Waals surface area contributed by atoms with Crippen molar-refractivity contribution in [3.05, 3.63) is 64.1 Å². The minimum Gasteiger partial charge on any atom is -0.367 e. The van der Waals surface area contributed by atoms with Crippen LogP contribution in [0.3, 0.4) is 0 Å². The van der Waals surface area contributed by atoms with Crippen LogP contribution in [-0.4, -0.2) is 43.5 Å². The van der Waals surface area contributed by atoms with E-state index < -0.39 is 0 Å². The summed E-state index contributed by atoms with van der Waals surface area (Å²) in [5.74, 6) is 0.185. The highest BCUT2D eigenvalue weighted by Gasteiger charge is 2.23. The molecule has 1 aliphatic rings. The van der Waals surface area contributed by atoms with Crippen molar-refractivity contribution in [3.63, 3.8) is 0 Å². The molecule has 0 aliphatic carbocycles. The smallest absolute Gasteiger partial charge is 0.277 e. The van der Waals surface area contributed by atoms with Gasteiger partial charge in [0.1, 0.15) is 6.04 Å². The lowest BCUT2D eigenvalue weighted by atomic mass is 10.1. The van der Waals surface area contributed by atoms with E-state index in [9.17, 15) is 4.79 Å². The molecule has 2 aromatic rings. The van der Waals surface area contributed by atoms with Crippen LogP contribution in [0, 0.1) is 0 Å². The number of hydrogen-bond acceptors (Lipinski definition) is 2. The SMILES string of the molecule is C[C@H]([NH2+]CC(=O)N1CCN(c2ccccc2Cl)CC1)c1ccc(Cl)cc1. The van der Waals surface area contributed by atoms with Crippen molar-refractivity contribution in [1.82, 2.24) is 4.90 Å². The van der Waals surface area contributed by atoms with E-state index in [1.807, 2.05) is 53.4 Å². The van der Waals surface area contributed by atoms with E-state index in [2.05, 4.69) is 17.1 Å². The lowest BCUT2D eigenvalue weighted by molar-refractivity contribution is -0.683. The first-order chi connectivity index (χ1) is 12.5. The summed E-state index contributed by atoms with van der Waals surface area (Å²) in [6, 6.07) is 15.9. The molecular formula is C20H24Cl2N3O+. The molecule has 4 nitrogen and oxygen atoms in total. The first-order valence-electron chi connectivity index (χ1n) is 8.90. The monoisotopic (exact) mass is 392 g/mol. The molecule has 0 spiro atoms. The fraction of sp³-hybridized carbons (Fsp3) is 0.350. The predicted octanol–water partition coefficient (Wildman–Crippen LogP) is 2.97. The summed E-state index contributed by atoms with van der Waals surface area (Å²) in [5.41, 5.74) is 2.22. The summed E-state index contributed by atoms with van der Waals surface area (Å²) in [5, 5.41) is 3.57. The molecule has 0 unspecified atom stereocenters. The van der Waals surface area contributed by atoms with Gasteiger partial charge in [-0.05, 0) is 31.2 Å². The van der Waals surface area contributed by atoms with Crippen LogP contribution < -0.4 is 10.2 Å². The van der Waals surface area contributed by atoms with Crippen LogP contribution in [-0.2, 0) is 4.79 Å². The summed E-state index contributed by atoms with van der Waals surface area (Å²) in [4.78, 5) is 16.7. The Morgan fingerprint density at radius 3 is 2.35 bits per heavy atom. The van der Waals surface area contributed by atoms with E-state index in [-0.39, 0.29) is 11.9 Å². The molecule has 1 amide bonds. The van der Waals surface area contributed by atoms with Crippen molar-refractivity contribution < 1.29 is 10.1 Å². The summed E-state index contributed by atoms with van der Waals surface area (Å²) in [6.45, 7) is 5.63. The lowest BCUT2D eigenvalue weighted by Gasteiger charge is -2.36. The highest BCUT2D eigenvalue weighted by Crippen LogP contribution is 2.25. The maximum Gasteiger partial charge on any atom is 0.277 e. The molecule has 0 bridgehead atoms. The van der Waals surface area contributed by atoms with E-state index >= 15 is 0 Å². The predicted molar refractivity (Wildman–Crippen MR) is 107 cm³/mol. The molecule has 1 heterocycles. The van der Waals surface area contributed by atoms with E-state index in [1.165, 1.54) is 5.56 Å². The molecule has 6 heteroatoms. The van der Waals surface area contributed by atoms with Crippen molar-refractivity contribution >= 4 is 34.8 Å². The van der Waals surface area contributed by atoms with Crippen LogP contribution in [0.4, 0.5) is 5.69 Å². The number of amides is 1. The maximum absolute atomic E-state index is 12.5. The van der Waals surface area contributed by atoms with Crippen LogP contribution >= 0.6 is 23.2 Å². The summed E-state index contributed by atoms with van der Waals surface area (Å²) in [6.07, 6.45) is 0. The molecular weight excluding hydrogens is 369 g/mol. The van der Waals surface area contributed by atoms with Crippen molar-refractivity contribution in [2.24, 2.45) is 0 Å². The van der Waals surface area contributed by atoms with Crippen molar-refractivity contribution in [1.29, 1.82) is 0 Å². The minimum absolute atomic E-state index is 0.185. The van der Waals surface area contributed by atoms with E-state index in [1.54, 1.807) is 0 Å². The Balaban J connectivity index is 1.48. The first-order valence-corrected chi connectivity index (χ1v) is 9.66. The minimum atomic E-state index is 0.185. The average Bonchev–Trinajstić information content (AvgIpc) is 2.67. The van der Waals surface area contributed by atoms with Gasteiger partial charge in [-0.2, -0.15) is 0 Å². The summed E-state index contributed by atoms with van der Waals surface area (Å²) in [7, 11) is 0. The Morgan fingerprint density at radius 1 is 1.04 bits per heavy atom. The van der Waals surface area contributed by atoms with Gasteiger partial charge in [0.15, 0.2) is 6.54 Å². The second-order valence-corrected chi connectivity index (χ2v) is 7.44. The van der Waals surface area contributed by atoms with Gasteiger partial charge in [0, 0.05) is 36.8 Å². The number of nitrogens with two attached hydrogens (primary N) is 1. The number of para-hydroxylation sites is 1. The molecule has 2 aromatic carbocycles. The van der Waals surface area contributed by atoms with Crippen molar-refractivity contribution in [3.8, 4) is 0 Å². The second kappa shape index (κ2) is 8.76.